The van der Waals surface area contributed by atoms with Crippen molar-refractivity contribution in [3.05, 3.63) is 71.7 Å². The van der Waals surface area contributed by atoms with Crippen LogP contribution in [0.5, 0.6) is 5.75 Å². The zero-order chi connectivity index (χ0) is 29.1. The van der Waals surface area contributed by atoms with Crippen molar-refractivity contribution in [2.75, 3.05) is 12.4 Å². The first-order valence-corrected chi connectivity index (χ1v) is 13.6. The van der Waals surface area contributed by atoms with Crippen molar-refractivity contribution in [3.63, 3.8) is 0 Å². The minimum atomic E-state index is -1.07. The smallest absolute Gasteiger partial charge is 0.251 e. The number of methoxy groups -OCH3 is 1. The summed E-state index contributed by atoms with van der Waals surface area (Å²) >= 11 is 0. The molecule has 41 heavy (non-hydrogen) atoms. The van der Waals surface area contributed by atoms with E-state index in [9.17, 15) is 18.4 Å². The van der Waals surface area contributed by atoms with E-state index < -0.39 is 11.6 Å². The monoisotopic (exact) mass is 562 g/mol. The Morgan fingerprint density at radius 3 is 2.44 bits per heavy atom. The minimum Gasteiger partial charge on any atom is -0.494 e. The SMILES string of the molecule is CCc1cc(Nc2nccn3c(-c4ccc(OC)c(F)c4F)cnc23)ccc1C(=O)NC1CCC(NC(C)=O)CC1. The normalized spacial score (nSPS) is 16.8. The van der Waals surface area contributed by atoms with E-state index in [2.05, 4.69) is 25.9 Å². The van der Waals surface area contributed by atoms with Crippen LogP contribution in [0.15, 0.2) is 48.9 Å². The predicted molar refractivity (Wildman–Crippen MR) is 151 cm³/mol. The van der Waals surface area contributed by atoms with Gasteiger partial charge in [0.25, 0.3) is 5.91 Å². The number of amides is 2. The Balaban J connectivity index is 1.33. The van der Waals surface area contributed by atoms with Gasteiger partial charge in [0, 0.05) is 48.2 Å². The second-order valence-corrected chi connectivity index (χ2v) is 10.1. The summed E-state index contributed by atoms with van der Waals surface area (Å²) in [5, 5.41) is 9.35. The molecular weight excluding hydrogens is 530 g/mol. The second-order valence-electron chi connectivity index (χ2n) is 10.1. The molecule has 0 unspecified atom stereocenters. The quantitative estimate of drug-likeness (QED) is 0.274. The van der Waals surface area contributed by atoms with Gasteiger partial charge in [0.2, 0.25) is 11.7 Å². The molecule has 2 amide bonds. The van der Waals surface area contributed by atoms with Crippen molar-refractivity contribution in [2.24, 2.45) is 0 Å². The van der Waals surface area contributed by atoms with Crippen LogP contribution in [0.2, 0.25) is 0 Å². The molecule has 0 radical (unpaired) electrons. The largest absolute Gasteiger partial charge is 0.494 e. The number of imidazole rings is 1. The van der Waals surface area contributed by atoms with Crippen LogP contribution in [0.4, 0.5) is 20.3 Å². The fraction of sp³-hybridized carbons (Fsp3) is 0.333. The molecular formula is C30H32F2N6O3. The number of ether oxygens (including phenoxy) is 1. The van der Waals surface area contributed by atoms with Crippen molar-refractivity contribution in [1.29, 1.82) is 0 Å². The van der Waals surface area contributed by atoms with Gasteiger partial charge in [-0.1, -0.05) is 6.92 Å². The summed E-state index contributed by atoms with van der Waals surface area (Å²) in [6.07, 6.45) is 8.56. The highest BCUT2D eigenvalue weighted by atomic mass is 19.2. The molecule has 214 valence electrons. The number of halogens is 2. The maximum Gasteiger partial charge on any atom is 0.251 e. The predicted octanol–water partition coefficient (Wildman–Crippen LogP) is 5.17. The number of carbonyl (C=O) groups is 2. The molecule has 2 aromatic carbocycles. The first-order chi connectivity index (χ1) is 19.8. The Labute approximate surface area is 236 Å². The molecule has 1 aliphatic rings. The lowest BCUT2D eigenvalue weighted by atomic mass is 9.90. The lowest BCUT2D eigenvalue weighted by Crippen LogP contribution is -2.43. The molecule has 11 heteroatoms. The van der Waals surface area contributed by atoms with E-state index in [-0.39, 0.29) is 35.2 Å². The standard InChI is InChI=1S/C30H32F2N6O3/c1-4-18-15-21(9-10-22(18)30(40)37-20-7-5-19(6-8-20)35-17(2)39)36-28-29-34-16-24(38(29)14-13-33-28)23-11-12-25(41-3)27(32)26(23)31/h9-16,19-20H,4-8H2,1-3H3,(H,33,36)(H,35,39)(H,37,40). The van der Waals surface area contributed by atoms with E-state index in [1.54, 1.807) is 28.9 Å². The number of benzene rings is 2. The molecule has 3 N–H and O–H groups in total. The van der Waals surface area contributed by atoms with Gasteiger partial charge in [-0.3, -0.25) is 14.0 Å². The average molecular weight is 563 g/mol. The van der Waals surface area contributed by atoms with Gasteiger partial charge >= 0.3 is 0 Å². The molecule has 0 saturated heterocycles. The van der Waals surface area contributed by atoms with E-state index >= 15 is 0 Å². The third kappa shape index (κ3) is 5.84. The summed E-state index contributed by atoms with van der Waals surface area (Å²) in [5.74, 6) is -2.00. The van der Waals surface area contributed by atoms with E-state index in [1.807, 2.05) is 13.0 Å². The summed E-state index contributed by atoms with van der Waals surface area (Å²) < 4.78 is 35.7. The van der Waals surface area contributed by atoms with Crippen LogP contribution in [0.25, 0.3) is 16.9 Å². The first-order valence-electron chi connectivity index (χ1n) is 13.6. The molecule has 0 bridgehead atoms. The molecule has 4 aromatic rings. The van der Waals surface area contributed by atoms with Gasteiger partial charge < -0.3 is 20.7 Å². The number of hydrogen-bond donors (Lipinski definition) is 3. The van der Waals surface area contributed by atoms with Crippen LogP contribution in [0.3, 0.4) is 0 Å². The molecule has 1 aliphatic carbocycles. The van der Waals surface area contributed by atoms with Crippen molar-refractivity contribution < 1.29 is 23.1 Å². The number of anilines is 2. The summed E-state index contributed by atoms with van der Waals surface area (Å²) in [4.78, 5) is 33.3. The number of nitrogens with zero attached hydrogens (tertiary/aromatic N) is 3. The van der Waals surface area contributed by atoms with Crippen molar-refractivity contribution >= 4 is 29.0 Å². The Kier molecular flexibility index (Phi) is 8.14. The molecule has 1 fully saturated rings. The van der Waals surface area contributed by atoms with E-state index in [0.29, 0.717) is 34.8 Å². The zero-order valence-electron chi connectivity index (χ0n) is 23.1. The van der Waals surface area contributed by atoms with Crippen LogP contribution in [0.1, 0.15) is 55.5 Å². The number of aryl methyl sites for hydroxylation is 1. The molecule has 5 rings (SSSR count). The lowest BCUT2D eigenvalue weighted by Gasteiger charge is -2.29. The number of nitrogens with one attached hydrogen (secondary N) is 3. The maximum absolute atomic E-state index is 14.8. The average Bonchev–Trinajstić information content (AvgIpc) is 3.40. The van der Waals surface area contributed by atoms with E-state index in [0.717, 1.165) is 31.2 Å². The highest BCUT2D eigenvalue weighted by Crippen LogP contribution is 2.32. The summed E-state index contributed by atoms with van der Waals surface area (Å²) in [5.41, 5.74) is 3.01. The molecule has 2 aromatic heterocycles. The van der Waals surface area contributed by atoms with Gasteiger partial charge in [0.1, 0.15) is 0 Å². The highest BCUT2D eigenvalue weighted by Gasteiger charge is 2.24. The topological polar surface area (TPSA) is 110 Å². The van der Waals surface area contributed by atoms with Gasteiger partial charge in [0.05, 0.1) is 19.0 Å². The summed E-state index contributed by atoms with van der Waals surface area (Å²) in [7, 11) is 1.28. The van der Waals surface area contributed by atoms with Crippen LogP contribution in [-0.4, -0.2) is 45.4 Å². The van der Waals surface area contributed by atoms with Gasteiger partial charge in [-0.2, -0.15) is 4.39 Å². The fourth-order valence-corrected chi connectivity index (χ4v) is 5.35. The third-order valence-electron chi connectivity index (χ3n) is 7.43. The third-order valence-corrected chi connectivity index (χ3v) is 7.43. The number of carbonyl (C=O) groups excluding carboxylic acids is 2. The summed E-state index contributed by atoms with van der Waals surface area (Å²) in [6.45, 7) is 3.50. The highest BCUT2D eigenvalue weighted by molar-refractivity contribution is 5.96. The second kappa shape index (κ2) is 11.9. The molecule has 9 nitrogen and oxygen atoms in total. The Bertz CT molecular complexity index is 1600. The molecule has 0 atom stereocenters. The lowest BCUT2D eigenvalue weighted by molar-refractivity contribution is -0.119. The van der Waals surface area contributed by atoms with Gasteiger partial charge in [-0.05, 0) is 68.0 Å². The van der Waals surface area contributed by atoms with Gasteiger partial charge in [0.15, 0.2) is 23.0 Å². The molecule has 2 heterocycles. The Hall–Kier alpha value is -4.54. The minimum absolute atomic E-state index is 0.0278. The number of aromatic nitrogens is 3. The van der Waals surface area contributed by atoms with Crippen molar-refractivity contribution in [3.8, 4) is 17.0 Å². The Morgan fingerprint density at radius 2 is 1.76 bits per heavy atom. The maximum atomic E-state index is 14.8. The van der Waals surface area contributed by atoms with Gasteiger partial charge in [-0.25, -0.2) is 14.4 Å². The fourth-order valence-electron chi connectivity index (χ4n) is 5.35. The molecule has 0 aliphatic heterocycles. The van der Waals surface area contributed by atoms with E-state index in [4.69, 9.17) is 4.74 Å². The number of fused-ring (bicyclic) bond motifs is 1. The number of rotatable bonds is 8. The Morgan fingerprint density at radius 1 is 1.02 bits per heavy atom. The van der Waals surface area contributed by atoms with Gasteiger partial charge in [-0.15, -0.1) is 0 Å². The van der Waals surface area contributed by atoms with Crippen LogP contribution < -0.4 is 20.7 Å². The first kappa shape index (κ1) is 28.0. The number of hydrogen-bond acceptors (Lipinski definition) is 6. The van der Waals surface area contributed by atoms with Crippen LogP contribution in [-0.2, 0) is 11.2 Å². The summed E-state index contributed by atoms with van der Waals surface area (Å²) in [6, 6.07) is 8.53. The molecule has 0 spiro atoms. The van der Waals surface area contributed by atoms with Crippen LogP contribution in [0, 0.1) is 11.6 Å². The molecule has 1 saturated carbocycles. The van der Waals surface area contributed by atoms with Crippen LogP contribution >= 0.6 is 0 Å². The van der Waals surface area contributed by atoms with E-state index in [1.165, 1.54) is 32.4 Å². The van der Waals surface area contributed by atoms with Crippen molar-refractivity contribution in [2.45, 2.75) is 58.0 Å². The van der Waals surface area contributed by atoms with Crippen molar-refractivity contribution in [1.82, 2.24) is 25.0 Å². The zero-order valence-corrected chi connectivity index (χ0v) is 23.1.